The minimum atomic E-state index is -0.161. The monoisotopic (exact) mass is 837 g/mol. The van der Waals surface area contributed by atoms with Gasteiger partial charge in [0.2, 0.25) is 0 Å². The van der Waals surface area contributed by atoms with E-state index in [9.17, 15) is 0 Å². The summed E-state index contributed by atoms with van der Waals surface area (Å²) in [5.41, 5.74) is 12.8. The fourth-order valence-corrected chi connectivity index (χ4v) is 12.3. The molecule has 3 aliphatic carbocycles. The molecule has 12 rings (SSSR count). The lowest BCUT2D eigenvalue weighted by atomic mass is 9.82. The first-order chi connectivity index (χ1) is 31.1. The molecule has 3 aliphatic heterocycles. The Kier molecular flexibility index (Phi) is 9.79. The van der Waals surface area contributed by atoms with Gasteiger partial charge in [-0.3, -0.25) is 10.3 Å². The molecule has 6 aliphatic rings. The first kappa shape index (κ1) is 38.3. The zero-order valence-corrected chi connectivity index (χ0v) is 36.3. The normalized spacial score (nSPS) is 26.9. The molecule has 0 fully saturated rings. The van der Waals surface area contributed by atoms with Gasteiger partial charge < -0.3 is 10.2 Å². The predicted octanol–water partition coefficient (Wildman–Crippen LogP) is 13.0. The Bertz CT molecular complexity index is 2930. The number of fused-ring (bicyclic) bond motifs is 7. The maximum Gasteiger partial charge on any atom is 0.125 e. The number of hydrogen-bond acceptors (Lipinski definition) is 6. The van der Waals surface area contributed by atoms with E-state index in [0.29, 0.717) is 12.0 Å². The van der Waals surface area contributed by atoms with Gasteiger partial charge in [0.1, 0.15) is 18.2 Å². The number of benzene rings is 5. The van der Waals surface area contributed by atoms with E-state index in [-0.39, 0.29) is 36.3 Å². The van der Waals surface area contributed by atoms with Gasteiger partial charge in [-0.15, -0.1) is 11.3 Å². The van der Waals surface area contributed by atoms with Crippen LogP contribution < -0.4 is 15.5 Å². The van der Waals surface area contributed by atoms with Gasteiger partial charge in [0.05, 0.1) is 24.0 Å². The molecule has 4 heterocycles. The summed E-state index contributed by atoms with van der Waals surface area (Å²) in [4.78, 5) is 15.2. The van der Waals surface area contributed by atoms with Crippen LogP contribution in [0.3, 0.4) is 0 Å². The van der Waals surface area contributed by atoms with E-state index in [1.807, 2.05) is 11.3 Å². The molecule has 0 radical (unpaired) electrons. The number of thiophene rings is 1. The average Bonchev–Trinajstić information content (AvgIpc) is 3.90. The van der Waals surface area contributed by atoms with Crippen LogP contribution in [0.4, 0.5) is 5.69 Å². The van der Waals surface area contributed by atoms with Crippen LogP contribution in [-0.2, 0) is 0 Å². The molecule has 5 nitrogen and oxygen atoms in total. The number of para-hydroxylation sites is 1. The minimum absolute atomic E-state index is 0.0937. The van der Waals surface area contributed by atoms with E-state index in [4.69, 9.17) is 9.98 Å². The third-order valence-electron chi connectivity index (χ3n) is 14.2. The summed E-state index contributed by atoms with van der Waals surface area (Å²) < 4.78 is 1.32. The van der Waals surface area contributed by atoms with E-state index >= 15 is 0 Å². The molecule has 8 atom stereocenters. The summed E-state index contributed by atoms with van der Waals surface area (Å²) in [5.74, 6) is 1.62. The molecule has 0 saturated heterocycles. The first-order valence-corrected chi connectivity index (χ1v) is 23.7. The highest BCUT2D eigenvalue weighted by Crippen LogP contribution is 2.54. The Labute approximate surface area is 374 Å². The van der Waals surface area contributed by atoms with E-state index < -0.39 is 0 Å². The van der Waals surface area contributed by atoms with Crippen LogP contribution in [0.1, 0.15) is 83.4 Å². The molecular weight excluding hydrogens is 787 g/mol. The smallest absolute Gasteiger partial charge is 0.125 e. The molecule has 0 saturated carbocycles. The van der Waals surface area contributed by atoms with Crippen LogP contribution in [0.2, 0.25) is 0 Å². The molecule has 0 bridgehead atoms. The molecule has 0 spiro atoms. The fraction of sp³-hybridized carbons (Fsp3) is 0.228. The molecule has 8 unspecified atom stereocenters. The lowest BCUT2D eigenvalue weighted by Crippen LogP contribution is -2.52. The predicted molar refractivity (Wildman–Crippen MR) is 264 cm³/mol. The van der Waals surface area contributed by atoms with Crippen molar-refractivity contribution >= 4 is 50.8 Å². The van der Waals surface area contributed by atoms with Gasteiger partial charge in [0.15, 0.2) is 0 Å². The van der Waals surface area contributed by atoms with Crippen LogP contribution in [0.15, 0.2) is 185 Å². The van der Waals surface area contributed by atoms with E-state index in [2.05, 4.69) is 205 Å². The van der Waals surface area contributed by atoms with E-state index in [1.165, 1.54) is 72.4 Å². The van der Waals surface area contributed by atoms with Crippen LogP contribution in [0, 0.1) is 11.8 Å². The van der Waals surface area contributed by atoms with Crippen molar-refractivity contribution in [1.82, 2.24) is 10.6 Å². The molecule has 1 aromatic heterocycles. The molecule has 310 valence electrons. The van der Waals surface area contributed by atoms with Crippen molar-refractivity contribution in [2.45, 2.75) is 69.0 Å². The highest BCUT2D eigenvalue weighted by atomic mass is 32.1. The van der Waals surface area contributed by atoms with Gasteiger partial charge in [-0.05, 0) is 111 Å². The van der Waals surface area contributed by atoms with Crippen LogP contribution >= 0.6 is 11.3 Å². The molecule has 6 aromatic rings. The van der Waals surface area contributed by atoms with Gasteiger partial charge >= 0.3 is 0 Å². The molecule has 0 amide bonds. The Morgan fingerprint density at radius 1 is 0.778 bits per heavy atom. The third kappa shape index (κ3) is 6.88. The van der Waals surface area contributed by atoms with Crippen molar-refractivity contribution in [1.29, 1.82) is 0 Å². The molecule has 63 heavy (non-hydrogen) atoms. The lowest BCUT2D eigenvalue weighted by Gasteiger charge is -2.38. The Morgan fingerprint density at radius 3 is 2.46 bits per heavy atom. The summed E-state index contributed by atoms with van der Waals surface area (Å²) in [6.45, 7) is 2.37. The lowest BCUT2D eigenvalue weighted by molar-refractivity contribution is 0.384. The van der Waals surface area contributed by atoms with Crippen molar-refractivity contribution in [3.05, 3.63) is 208 Å². The van der Waals surface area contributed by atoms with Crippen molar-refractivity contribution in [2.24, 2.45) is 21.8 Å². The second-order valence-corrected chi connectivity index (χ2v) is 19.1. The molecule has 6 heteroatoms. The van der Waals surface area contributed by atoms with Crippen LogP contribution in [0.5, 0.6) is 0 Å². The SMILES string of the molecule is CC1CCCC=C1C1N=C(C2C=C(c3cccc(-c4ccccc4)c3)C=NC2c2ccc3c4c(sc3c2)C=CC2C4c3ccccc3N2C2C=CC=CC2)NC(c2ccccc2)N1. The number of aliphatic imine (C=N–C) groups is 2. The van der Waals surface area contributed by atoms with Crippen molar-refractivity contribution in [2.75, 3.05) is 4.90 Å². The molecule has 5 aromatic carbocycles. The fourth-order valence-electron chi connectivity index (χ4n) is 11.1. The Balaban J connectivity index is 0.958. The number of allylic oxidation sites excluding steroid dienone is 4. The summed E-state index contributed by atoms with van der Waals surface area (Å²) in [5, 5.41) is 9.23. The van der Waals surface area contributed by atoms with Crippen molar-refractivity contribution < 1.29 is 0 Å². The summed E-state index contributed by atoms with van der Waals surface area (Å²) >= 11 is 1.93. The Hall–Kier alpha value is -6.34. The number of rotatable bonds is 7. The van der Waals surface area contributed by atoms with Gasteiger partial charge in [-0.25, -0.2) is 4.99 Å². The topological polar surface area (TPSA) is 52.0 Å². The highest BCUT2D eigenvalue weighted by molar-refractivity contribution is 7.20. The molecule has 2 N–H and O–H groups in total. The van der Waals surface area contributed by atoms with Crippen molar-refractivity contribution in [3.8, 4) is 11.1 Å². The van der Waals surface area contributed by atoms with E-state index in [1.54, 1.807) is 0 Å². The number of nitrogens with one attached hydrogen (secondary N) is 2. The Morgan fingerprint density at radius 2 is 1.60 bits per heavy atom. The summed E-state index contributed by atoms with van der Waals surface area (Å²) in [7, 11) is 0. The number of dihydropyridines is 1. The van der Waals surface area contributed by atoms with Gasteiger partial charge in [0, 0.05) is 27.4 Å². The van der Waals surface area contributed by atoms with E-state index in [0.717, 1.165) is 29.8 Å². The van der Waals surface area contributed by atoms with Crippen molar-refractivity contribution in [3.63, 3.8) is 0 Å². The quantitative estimate of drug-likeness (QED) is 0.158. The number of hydrogen-bond donors (Lipinski definition) is 2. The molecular formula is C57H51N5S. The van der Waals surface area contributed by atoms with Gasteiger partial charge in [0.25, 0.3) is 0 Å². The number of nitrogens with zero attached hydrogens (tertiary/aromatic N) is 3. The second kappa shape index (κ2) is 16.1. The standard InChI is InChI=1S/C57H51N5S/c1-36-16-11-12-25-44(36)56-59-55(38-19-7-3-8-20-38)60-57(61-56)47-33-42(40-22-15-21-39(32-40)37-17-5-2-6-18-37)35-58-54(47)41-28-29-46-51(34-41)63-50-31-30-49-52(53(46)50)45-26-13-14-27-48(45)62(49)43-23-9-4-10-24-43/h2-10,13-15,17-23,25-36,43,47,49,52,54-56,59H,11-12,16,24H2,1H3,(H,60,61). The zero-order valence-electron chi connectivity index (χ0n) is 35.5. The van der Waals surface area contributed by atoms with Crippen LogP contribution in [-0.4, -0.2) is 30.3 Å². The zero-order chi connectivity index (χ0) is 41.9. The summed E-state index contributed by atoms with van der Waals surface area (Å²) in [6, 6.07) is 47.1. The second-order valence-electron chi connectivity index (χ2n) is 18.0. The maximum atomic E-state index is 5.63. The average molecular weight is 838 g/mol. The maximum absolute atomic E-state index is 5.63. The minimum Gasteiger partial charge on any atom is -0.357 e. The third-order valence-corrected chi connectivity index (χ3v) is 15.4. The van der Waals surface area contributed by atoms with Crippen LogP contribution in [0.25, 0.3) is 32.9 Å². The first-order valence-electron chi connectivity index (χ1n) is 22.9. The van der Waals surface area contributed by atoms with Gasteiger partial charge in [-0.1, -0.05) is 159 Å². The number of anilines is 1. The highest BCUT2D eigenvalue weighted by Gasteiger charge is 2.44. The number of amidine groups is 1. The van der Waals surface area contributed by atoms with Gasteiger partial charge in [-0.2, -0.15) is 0 Å². The largest absolute Gasteiger partial charge is 0.357 e. The summed E-state index contributed by atoms with van der Waals surface area (Å²) in [6.07, 6.45) is 25.3.